The molecule has 2 aliphatic rings. The van der Waals surface area contributed by atoms with Crippen LogP contribution in [-0.2, 0) is 13.0 Å². The molecule has 0 unspecified atom stereocenters. The maximum Gasteiger partial charge on any atom is 0.256 e. The van der Waals surface area contributed by atoms with Crippen LogP contribution in [0.1, 0.15) is 39.5 Å². The van der Waals surface area contributed by atoms with Gasteiger partial charge in [0.05, 0.1) is 15.7 Å². The van der Waals surface area contributed by atoms with Gasteiger partial charge < -0.3 is 25.4 Å². The number of hydrogen-bond donors (Lipinski definition) is 3. The summed E-state index contributed by atoms with van der Waals surface area (Å²) in [5.74, 6) is 0.531. The van der Waals surface area contributed by atoms with Gasteiger partial charge in [0.2, 0.25) is 0 Å². The van der Waals surface area contributed by atoms with Gasteiger partial charge in [-0.3, -0.25) is 4.79 Å². The van der Waals surface area contributed by atoms with Crippen molar-refractivity contribution in [2.75, 3.05) is 25.5 Å². The third-order valence-corrected chi connectivity index (χ3v) is 6.68. The first-order valence-electron chi connectivity index (χ1n) is 8.53. The first-order chi connectivity index (χ1) is 12.5. The summed E-state index contributed by atoms with van der Waals surface area (Å²) in [6, 6.07) is 3.65. The third-order valence-electron chi connectivity index (χ3n) is 4.71. The van der Waals surface area contributed by atoms with Crippen LogP contribution in [0.4, 0.5) is 5.00 Å². The molecular formula is C18H20IN3O3S. The van der Waals surface area contributed by atoms with Gasteiger partial charge in [0.1, 0.15) is 11.2 Å². The average Bonchev–Trinajstić information content (AvgIpc) is 2.96. The van der Waals surface area contributed by atoms with E-state index in [4.69, 9.17) is 4.74 Å². The van der Waals surface area contributed by atoms with Gasteiger partial charge in [-0.25, -0.2) is 0 Å². The molecule has 1 aromatic heterocycles. The van der Waals surface area contributed by atoms with E-state index in [9.17, 15) is 9.90 Å². The summed E-state index contributed by atoms with van der Waals surface area (Å²) in [6.45, 7) is 4.20. The number of nitrogens with one attached hydrogen (secondary N) is 2. The summed E-state index contributed by atoms with van der Waals surface area (Å²) in [6.07, 6.45) is 0.560. The van der Waals surface area contributed by atoms with Crippen molar-refractivity contribution in [1.82, 2.24) is 10.2 Å². The molecule has 6 nitrogen and oxygen atoms in total. The Balaban J connectivity index is 1.69. The van der Waals surface area contributed by atoms with Crippen LogP contribution in [-0.4, -0.2) is 36.1 Å². The van der Waals surface area contributed by atoms with Gasteiger partial charge in [-0.05, 0) is 66.2 Å². The van der Waals surface area contributed by atoms with E-state index < -0.39 is 0 Å². The van der Waals surface area contributed by atoms with E-state index in [1.54, 1.807) is 17.4 Å². The molecule has 138 valence electrons. The lowest BCUT2D eigenvalue weighted by molar-refractivity contribution is 0.0934. The van der Waals surface area contributed by atoms with E-state index >= 15 is 0 Å². The van der Waals surface area contributed by atoms with E-state index in [1.165, 1.54) is 10.4 Å². The molecule has 3 heterocycles. The van der Waals surface area contributed by atoms with Gasteiger partial charge in [0.25, 0.3) is 5.91 Å². The molecule has 0 aliphatic carbocycles. The Morgan fingerprint density at radius 1 is 1.42 bits per heavy atom. The summed E-state index contributed by atoms with van der Waals surface area (Å²) in [5, 5.41) is 17.6. The molecule has 2 aromatic rings. The van der Waals surface area contributed by atoms with E-state index in [0.717, 1.165) is 35.6 Å². The summed E-state index contributed by atoms with van der Waals surface area (Å²) < 4.78 is 6.22. The summed E-state index contributed by atoms with van der Waals surface area (Å²) in [5.41, 5.74) is 2.84. The second-order valence-corrected chi connectivity index (χ2v) is 8.80. The lowest BCUT2D eigenvalue weighted by Gasteiger charge is -2.28. The average molecular weight is 485 g/mol. The quantitative estimate of drug-likeness (QED) is 0.582. The molecule has 0 bridgehead atoms. The van der Waals surface area contributed by atoms with Gasteiger partial charge in [-0.2, -0.15) is 0 Å². The maximum absolute atomic E-state index is 12.8. The number of hydrogen-bond acceptors (Lipinski definition) is 6. The number of rotatable bonds is 3. The minimum absolute atomic E-state index is 0.0353. The van der Waals surface area contributed by atoms with Crippen molar-refractivity contribution in [1.29, 1.82) is 0 Å². The van der Waals surface area contributed by atoms with Crippen molar-refractivity contribution < 1.29 is 14.6 Å². The number of phenols is 1. The molecule has 0 spiro atoms. The smallest absolute Gasteiger partial charge is 0.256 e. The minimum Gasteiger partial charge on any atom is -0.504 e. The number of anilines is 1. The van der Waals surface area contributed by atoms with Crippen molar-refractivity contribution in [2.24, 2.45) is 0 Å². The standard InChI is InChI=1S/C18H20IN3O3S/c1-3-25-12-7-9(6-11(19)15(12)23)16-20-17(24)14-10-4-5-22(2)8-13(10)26-18(14)21-16/h6-7,16,21,23H,3-5,8H2,1-2H3,(H,20,24)/t16-/m1/s1. The molecule has 0 saturated carbocycles. The van der Waals surface area contributed by atoms with Crippen LogP contribution >= 0.6 is 33.9 Å². The largest absolute Gasteiger partial charge is 0.504 e. The van der Waals surface area contributed by atoms with E-state index in [1.807, 2.05) is 13.0 Å². The van der Waals surface area contributed by atoms with Crippen LogP contribution in [0.25, 0.3) is 0 Å². The van der Waals surface area contributed by atoms with Crippen LogP contribution in [0.2, 0.25) is 0 Å². The number of ether oxygens (including phenoxy) is 1. The van der Waals surface area contributed by atoms with Crippen LogP contribution in [0.15, 0.2) is 12.1 Å². The van der Waals surface area contributed by atoms with Crippen LogP contribution in [0, 0.1) is 3.57 Å². The monoisotopic (exact) mass is 485 g/mol. The van der Waals surface area contributed by atoms with Crippen molar-refractivity contribution >= 4 is 44.8 Å². The molecule has 2 aliphatic heterocycles. The van der Waals surface area contributed by atoms with Gasteiger partial charge in [0, 0.05) is 18.0 Å². The number of thiophene rings is 1. The molecule has 4 rings (SSSR count). The van der Waals surface area contributed by atoms with Gasteiger partial charge in [0.15, 0.2) is 11.5 Å². The Morgan fingerprint density at radius 2 is 2.23 bits per heavy atom. The number of fused-ring (bicyclic) bond motifs is 3. The van der Waals surface area contributed by atoms with Crippen LogP contribution < -0.4 is 15.4 Å². The highest BCUT2D eigenvalue weighted by Gasteiger charge is 2.33. The number of phenolic OH excluding ortho intramolecular Hbond substituents is 1. The Kier molecular flexibility index (Phi) is 4.74. The summed E-state index contributed by atoms with van der Waals surface area (Å²) in [4.78, 5) is 16.3. The lowest BCUT2D eigenvalue weighted by atomic mass is 10.0. The lowest BCUT2D eigenvalue weighted by Crippen LogP contribution is -2.38. The van der Waals surface area contributed by atoms with E-state index in [-0.39, 0.29) is 17.8 Å². The number of likely N-dealkylation sites (N-methyl/N-ethyl adjacent to an activating group) is 1. The molecule has 1 amide bonds. The first kappa shape index (κ1) is 17.9. The Bertz CT molecular complexity index is 883. The first-order valence-corrected chi connectivity index (χ1v) is 10.4. The predicted molar refractivity (Wildman–Crippen MR) is 110 cm³/mol. The van der Waals surface area contributed by atoms with Crippen molar-refractivity contribution in [3.8, 4) is 11.5 Å². The SMILES string of the molecule is CCOc1cc([C@@H]2NC(=O)c3c(sc4c3CCN(C)C4)N2)cc(I)c1O. The summed E-state index contributed by atoms with van der Waals surface area (Å²) in [7, 11) is 2.10. The highest BCUT2D eigenvalue weighted by molar-refractivity contribution is 14.1. The number of carbonyl (C=O) groups excluding carboxylic acids is 1. The Hall–Kier alpha value is -1.52. The number of aromatic hydroxyl groups is 1. The fourth-order valence-electron chi connectivity index (χ4n) is 3.44. The van der Waals surface area contributed by atoms with Gasteiger partial charge in [-0.1, -0.05) is 0 Å². The number of carbonyl (C=O) groups is 1. The van der Waals surface area contributed by atoms with Crippen molar-refractivity contribution in [3.63, 3.8) is 0 Å². The highest BCUT2D eigenvalue weighted by atomic mass is 127. The number of amides is 1. The van der Waals surface area contributed by atoms with Crippen LogP contribution in [0.3, 0.4) is 0 Å². The molecule has 0 fully saturated rings. The maximum atomic E-state index is 12.8. The van der Waals surface area contributed by atoms with Crippen molar-refractivity contribution in [3.05, 3.63) is 37.3 Å². The minimum atomic E-state index is -0.346. The zero-order chi connectivity index (χ0) is 18.4. The fraction of sp³-hybridized carbons (Fsp3) is 0.389. The second kappa shape index (κ2) is 6.90. The second-order valence-electron chi connectivity index (χ2n) is 6.53. The number of benzene rings is 1. The molecule has 3 N–H and O–H groups in total. The Labute approximate surface area is 169 Å². The topological polar surface area (TPSA) is 73.8 Å². The predicted octanol–water partition coefficient (Wildman–Crippen LogP) is 3.30. The van der Waals surface area contributed by atoms with Gasteiger partial charge >= 0.3 is 0 Å². The Morgan fingerprint density at radius 3 is 3.00 bits per heavy atom. The molecule has 26 heavy (non-hydrogen) atoms. The molecular weight excluding hydrogens is 465 g/mol. The number of nitrogens with zero attached hydrogens (tertiary/aromatic N) is 1. The molecule has 0 saturated heterocycles. The molecule has 1 aromatic carbocycles. The van der Waals surface area contributed by atoms with Crippen LogP contribution in [0.5, 0.6) is 11.5 Å². The highest BCUT2D eigenvalue weighted by Crippen LogP contribution is 2.42. The fourth-order valence-corrected chi connectivity index (χ4v) is 5.41. The van der Waals surface area contributed by atoms with E-state index in [2.05, 4.69) is 45.2 Å². The number of halogens is 1. The molecule has 0 radical (unpaired) electrons. The van der Waals surface area contributed by atoms with Crippen molar-refractivity contribution in [2.45, 2.75) is 26.1 Å². The third kappa shape index (κ3) is 3.03. The normalized spacial score (nSPS) is 19.3. The zero-order valence-electron chi connectivity index (χ0n) is 14.6. The summed E-state index contributed by atoms with van der Waals surface area (Å²) >= 11 is 3.74. The van der Waals surface area contributed by atoms with Gasteiger partial charge in [-0.15, -0.1) is 11.3 Å². The molecule has 8 heteroatoms. The molecule has 1 atom stereocenters. The zero-order valence-corrected chi connectivity index (χ0v) is 17.5. The van der Waals surface area contributed by atoms with E-state index in [0.29, 0.717) is 15.9 Å².